The highest BCUT2D eigenvalue weighted by atomic mass is 79.9. The molecule has 0 aliphatic rings. The summed E-state index contributed by atoms with van der Waals surface area (Å²) < 4.78 is 0.765. The van der Waals surface area contributed by atoms with Crippen molar-refractivity contribution < 1.29 is 4.79 Å². The van der Waals surface area contributed by atoms with Gasteiger partial charge in [0.05, 0.1) is 0 Å². The summed E-state index contributed by atoms with van der Waals surface area (Å²) in [7, 11) is 1.83. The fourth-order valence-corrected chi connectivity index (χ4v) is 2.22. The smallest absolute Gasteiger partial charge is 0.253 e. The summed E-state index contributed by atoms with van der Waals surface area (Å²) in [5.74, 6) is 1.11. The zero-order valence-corrected chi connectivity index (χ0v) is 12.5. The molecule has 1 rings (SSSR count). The summed E-state index contributed by atoms with van der Waals surface area (Å²) in [5, 5.41) is 0. The minimum absolute atomic E-state index is 0.0341. The third-order valence-electron chi connectivity index (χ3n) is 2.44. The first kappa shape index (κ1) is 14.4. The van der Waals surface area contributed by atoms with E-state index in [0.717, 1.165) is 23.2 Å². The van der Waals surface area contributed by atoms with Crippen molar-refractivity contribution in [2.24, 2.45) is 0 Å². The van der Waals surface area contributed by atoms with Gasteiger partial charge < -0.3 is 10.6 Å². The van der Waals surface area contributed by atoms with Crippen LogP contribution in [0.3, 0.4) is 0 Å². The van der Waals surface area contributed by atoms with Crippen LogP contribution in [0, 0.1) is 0 Å². The Bertz CT molecular complexity index is 398. The van der Waals surface area contributed by atoms with E-state index in [9.17, 15) is 4.79 Å². The van der Waals surface area contributed by atoms with E-state index < -0.39 is 0 Å². The molecule has 3 nitrogen and oxygen atoms in total. The molecule has 0 saturated carbocycles. The van der Waals surface area contributed by atoms with Crippen LogP contribution in [-0.4, -0.2) is 36.4 Å². The number of nitrogens with zero attached hydrogens (tertiary/aromatic N) is 1. The summed E-state index contributed by atoms with van der Waals surface area (Å²) in [6.07, 6.45) is 3.08. The van der Waals surface area contributed by atoms with Crippen LogP contribution in [0.2, 0.25) is 0 Å². The fraction of sp³-hybridized carbons (Fsp3) is 0.417. The van der Waals surface area contributed by atoms with E-state index in [4.69, 9.17) is 5.73 Å². The summed E-state index contributed by atoms with van der Waals surface area (Å²) in [6, 6.07) is 5.27. The third kappa shape index (κ3) is 4.24. The molecule has 1 aromatic carbocycles. The Hall–Kier alpha value is -0.680. The summed E-state index contributed by atoms with van der Waals surface area (Å²) in [4.78, 5) is 13.8. The molecule has 0 atom stereocenters. The average molecular weight is 317 g/mol. The maximum atomic E-state index is 12.1. The van der Waals surface area contributed by atoms with E-state index in [1.807, 2.05) is 7.05 Å². The molecular weight excluding hydrogens is 300 g/mol. The number of benzene rings is 1. The van der Waals surface area contributed by atoms with E-state index in [1.54, 1.807) is 34.9 Å². The summed E-state index contributed by atoms with van der Waals surface area (Å²) >= 11 is 5.12. The molecule has 94 valence electrons. The Kier molecular flexibility index (Phi) is 5.85. The lowest BCUT2D eigenvalue weighted by Gasteiger charge is -2.17. The molecule has 0 aliphatic carbocycles. The molecule has 0 unspecified atom stereocenters. The highest BCUT2D eigenvalue weighted by Gasteiger charge is 2.12. The van der Waals surface area contributed by atoms with E-state index >= 15 is 0 Å². The number of carbonyl (C=O) groups excluding carboxylic acids is 1. The minimum atomic E-state index is 0.0341. The molecular formula is C12H17BrN2OS. The SMILES string of the molecule is CSCCCN(C)C(=O)c1ccc(N)c(Br)c1. The predicted molar refractivity (Wildman–Crippen MR) is 78.5 cm³/mol. The zero-order chi connectivity index (χ0) is 12.8. The van der Waals surface area contributed by atoms with Gasteiger partial charge >= 0.3 is 0 Å². The number of amides is 1. The highest BCUT2D eigenvalue weighted by Crippen LogP contribution is 2.21. The van der Waals surface area contributed by atoms with Gasteiger partial charge in [0.15, 0.2) is 0 Å². The van der Waals surface area contributed by atoms with E-state index in [0.29, 0.717) is 11.3 Å². The number of halogens is 1. The molecule has 17 heavy (non-hydrogen) atoms. The first-order valence-electron chi connectivity index (χ1n) is 5.35. The fourth-order valence-electron chi connectivity index (χ4n) is 1.43. The lowest BCUT2D eigenvalue weighted by atomic mass is 10.2. The Morgan fingerprint density at radius 3 is 2.82 bits per heavy atom. The molecule has 1 amide bonds. The standard InChI is InChI=1S/C12H17BrN2OS/c1-15(6-3-7-17-2)12(16)9-4-5-11(14)10(13)8-9/h4-5,8H,3,6-7,14H2,1-2H3. The number of hydrogen-bond donors (Lipinski definition) is 1. The monoisotopic (exact) mass is 316 g/mol. The molecule has 5 heteroatoms. The number of anilines is 1. The van der Waals surface area contributed by atoms with Crippen LogP contribution in [0.25, 0.3) is 0 Å². The van der Waals surface area contributed by atoms with Crippen LogP contribution in [-0.2, 0) is 0 Å². The largest absolute Gasteiger partial charge is 0.398 e. The van der Waals surface area contributed by atoms with Gasteiger partial charge in [0.1, 0.15) is 0 Å². The summed E-state index contributed by atoms with van der Waals surface area (Å²) in [5.41, 5.74) is 7.00. The number of thioether (sulfide) groups is 1. The number of rotatable bonds is 5. The van der Waals surface area contributed by atoms with Gasteiger partial charge in [-0.2, -0.15) is 11.8 Å². The maximum Gasteiger partial charge on any atom is 0.253 e. The Labute approximate surface area is 115 Å². The number of nitrogens with two attached hydrogens (primary N) is 1. The molecule has 0 saturated heterocycles. The Morgan fingerprint density at radius 2 is 2.24 bits per heavy atom. The van der Waals surface area contributed by atoms with Gasteiger partial charge in [0.2, 0.25) is 0 Å². The summed E-state index contributed by atoms with van der Waals surface area (Å²) in [6.45, 7) is 0.779. The topological polar surface area (TPSA) is 46.3 Å². The normalized spacial score (nSPS) is 10.3. The Morgan fingerprint density at radius 1 is 1.53 bits per heavy atom. The van der Waals surface area contributed by atoms with Gasteiger partial charge in [-0.05, 0) is 52.6 Å². The van der Waals surface area contributed by atoms with E-state index in [2.05, 4.69) is 22.2 Å². The first-order valence-corrected chi connectivity index (χ1v) is 7.54. The van der Waals surface area contributed by atoms with Gasteiger partial charge in [-0.15, -0.1) is 0 Å². The maximum absolute atomic E-state index is 12.1. The molecule has 0 radical (unpaired) electrons. The second-order valence-electron chi connectivity index (χ2n) is 3.81. The second kappa shape index (κ2) is 6.91. The third-order valence-corrected chi connectivity index (χ3v) is 3.82. The van der Waals surface area contributed by atoms with Crippen molar-refractivity contribution in [3.8, 4) is 0 Å². The van der Waals surface area contributed by atoms with Crippen molar-refractivity contribution in [2.75, 3.05) is 31.3 Å². The quantitative estimate of drug-likeness (QED) is 0.671. The van der Waals surface area contributed by atoms with Crippen LogP contribution in [0.5, 0.6) is 0 Å². The number of hydrogen-bond acceptors (Lipinski definition) is 3. The molecule has 0 aliphatic heterocycles. The molecule has 1 aromatic rings. The molecule has 0 heterocycles. The molecule has 0 fully saturated rings. The van der Waals surface area contributed by atoms with Crippen molar-refractivity contribution in [1.29, 1.82) is 0 Å². The van der Waals surface area contributed by atoms with E-state index in [-0.39, 0.29) is 5.91 Å². The van der Waals surface area contributed by atoms with Crippen molar-refractivity contribution in [1.82, 2.24) is 4.90 Å². The van der Waals surface area contributed by atoms with E-state index in [1.165, 1.54) is 0 Å². The van der Waals surface area contributed by atoms with Gasteiger partial charge in [-0.3, -0.25) is 4.79 Å². The van der Waals surface area contributed by atoms with Crippen molar-refractivity contribution >= 4 is 39.3 Å². The number of carbonyl (C=O) groups is 1. The minimum Gasteiger partial charge on any atom is -0.398 e. The zero-order valence-electron chi connectivity index (χ0n) is 10.1. The average Bonchev–Trinajstić information content (AvgIpc) is 2.32. The Balaban J connectivity index is 2.65. The van der Waals surface area contributed by atoms with Crippen LogP contribution >= 0.6 is 27.7 Å². The first-order chi connectivity index (χ1) is 8.06. The van der Waals surface area contributed by atoms with Gasteiger partial charge in [0, 0.05) is 29.3 Å². The van der Waals surface area contributed by atoms with Crippen LogP contribution in [0.1, 0.15) is 16.8 Å². The van der Waals surface area contributed by atoms with Gasteiger partial charge in [-0.25, -0.2) is 0 Å². The van der Waals surface area contributed by atoms with Gasteiger partial charge in [0.25, 0.3) is 5.91 Å². The van der Waals surface area contributed by atoms with Crippen molar-refractivity contribution in [2.45, 2.75) is 6.42 Å². The highest BCUT2D eigenvalue weighted by molar-refractivity contribution is 9.10. The molecule has 2 N–H and O–H groups in total. The lowest BCUT2D eigenvalue weighted by Crippen LogP contribution is -2.28. The predicted octanol–water partition coefficient (Wildman–Crippen LogP) is 2.86. The van der Waals surface area contributed by atoms with Gasteiger partial charge in [-0.1, -0.05) is 0 Å². The van der Waals surface area contributed by atoms with Crippen molar-refractivity contribution in [3.63, 3.8) is 0 Å². The molecule has 0 bridgehead atoms. The molecule has 0 aromatic heterocycles. The lowest BCUT2D eigenvalue weighted by molar-refractivity contribution is 0.0795. The van der Waals surface area contributed by atoms with Crippen molar-refractivity contribution in [3.05, 3.63) is 28.2 Å². The van der Waals surface area contributed by atoms with Crippen LogP contribution < -0.4 is 5.73 Å². The molecule has 0 spiro atoms. The van der Waals surface area contributed by atoms with Crippen LogP contribution in [0.15, 0.2) is 22.7 Å². The number of nitrogen functional groups attached to an aromatic ring is 1. The van der Waals surface area contributed by atoms with Crippen LogP contribution in [0.4, 0.5) is 5.69 Å². The second-order valence-corrected chi connectivity index (χ2v) is 5.65.